The lowest BCUT2D eigenvalue weighted by Crippen LogP contribution is -2.36. The van der Waals surface area contributed by atoms with Gasteiger partial charge in [-0.3, -0.25) is 10.1 Å². The van der Waals surface area contributed by atoms with Gasteiger partial charge in [-0.25, -0.2) is 4.79 Å². The lowest BCUT2D eigenvalue weighted by molar-refractivity contribution is -0.117. The van der Waals surface area contributed by atoms with Gasteiger partial charge in [0.25, 0.3) is 0 Å². The molecular weight excluding hydrogens is 302 g/mol. The zero-order chi connectivity index (χ0) is 16.1. The smallest absolute Gasteiger partial charge is 0.318 e. The molecule has 0 bridgehead atoms. The van der Waals surface area contributed by atoms with E-state index in [2.05, 4.69) is 10.2 Å². The summed E-state index contributed by atoms with van der Waals surface area (Å²) < 4.78 is 1.94. The van der Waals surface area contributed by atoms with Crippen molar-refractivity contribution in [2.45, 2.75) is 25.5 Å². The molecule has 1 heterocycles. The number of aromatic nitrogens is 3. The van der Waals surface area contributed by atoms with Crippen LogP contribution in [-0.2, 0) is 11.3 Å². The summed E-state index contributed by atoms with van der Waals surface area (Å²) in [5.41, 5.74) is 7.01. The number of aryl methyl sites for hydroxylation is 1. The summed E-state index contributed by atoms with van der Waals surface area (Å²) in [6.07, 6.45) is 0. The number of urea groups is 1. The van der Waals surface area contributed by atoms with Gasteiger partial charge in [0.2, 0.25) is 5.91 Å². The van der Waals surface area contributed by atoms with E-state index in [-0.39, 0.29) is 5.75 Å². The molecule has 0 aliphatic carbocycles. The highest BCUT2D eigenvalue weighted by Crippen LogP contribution is 2.25. The quantitative estimate of drug-likeness (QED) is 0.814. The number of nitrogens with zero attached hydrogens (tertiary/aromatic N) is 3. The third-order valence-corrected chi connectivity index (χ3v) is 3.98. The normalized spacial score (nSPS) is 10.5. The molecule has 0 aliphatic heterocycles. The van der Waals surface area contributed by atoms with Crippen molar-refractivity contribution in [3.8, 4) is 11.4 Å². The van der Waals surface area contributed by atoms with Crippen LogP contribution in [0, 0.1) is 6.92 Å². The maximum atomic E-state index is 11.5. The van der Waals surface area contributed by atoms with Crippen LogP contribution in [0.15, 0.2) is 29.4 Å². The lowest BCUT2D eigenvalue weighted by atomic mass is 10.1. The van der Waals surface area contributed by atoms with Crippen LogP contribution in [0.4, 0.5) is 4.79 Å². The molecule has 7 nitrogen and oxygen atoms in total. The number of hydrogen-bond acceptors (Lipinski definition) is 5. The van der Waals surface area contributed by atoms with Crippen LogP contribution in [0.25, 0.3) is 11.4 Å². The van der Waals surface area contributed by atoms with Gasteiger partial charge in [0.1, 0.15) is 0 Å². The van der Waals surface area contributed by atoms with E-state index in [0.29, 0.717) is 11.7 Å². The van der Waals surface area contributed by atoms with Crippen molar-refractivity contribution in [1.29, 1.82) is 0 Å². The molecule has 0 radical (unpaired) electrons. The fourth-order valence-corrected chi connectivity index (χ4v) is 2.81. The molecule has 3 N–H and O–H groups in total. The average molecular weight is 319 g/mol. The van der Waals surface area contributed by atoms with E-state index in [0.717, 1.165) is 17.0 Å². The molecule has 8 heteroatoms. The van der Waals surface area contributed by atoms with Gasteiger partial charge in [0.15, 0.2) is 11.0 Å². The van der Waals surface area contributed by atoms with Crippen LogP contribution in [0.2, 0.25) is 0 Å². The summed E-state index contributed by atoms with van der Waals surface area (Å²) in [6, 6.07) is 7.05. The van der Waals surface area contributed by atoms with Crippen LogP contribution in [0.1, 0.15) is 12.5 Å². The maximum Gasteiger partial charge on any atom is 0.318 e. The van der Waals surface area contributed by atoms with E-state index in [1.165, 1.54) is 11.8 Å². The van der Waals surface area contributed by atoms with Gasteiger partial charge < -0.3 is 10.3 Å². The highest BCUT2D eigenvalue weighted by Gasteiger charge is 2.16. The third kappa shape index (κ3) is 3.64. The Kier molecular flexibility index (Phi) is 5.16. The van der Waals surface area contributed by atoms with Crippen molar-refractivity contribution < 1.29 is 9.59 Å². The Labute approximate surface area is 132 Å². The van der Waals surface area contributed by atoms with Crippen LogP contribution >= 0.6 is 11.8 Å². The monoisotopic (exact) mass is 319 g/mol. The fourth-order valence-electron chi connectivity index (χ4n) is 2.01. The predicted molar refractivity (Wildman–Crippen MR) is 84.3 cm³/mol. The maximum absolute atomic E-state index is 11.5. The topological polar surface area (TPSA) is 103 Å². The van der Waals surface area contributed by atoms with Crippen molar-refractivity contribution in [1.82, 2.24) is 20.1 Å². The van der Waals surface area contributed by atoms with E-state index >= 15 is 0 Å². The molecule has 22 heavy (non-hydrogen) atoms. The van der Waals surface area contributed by atoms with E-state index in [1.54, 1.807) is 0 Å². The summed E-state index contributed by atoms with van der Waals surface area (Å²) >= 11 is 1.21. The van der Waals surface area contributed by atoms with E-state index < -0.39 is 11.9 Å². The molecule has 1 aromatic heterocycles. The summed E-state index contributed by atoms with van der Waals surface area (Å²) in [6.45, 7) is 4.67. The van der Waals surface area contributed by atoms with Gasteiger partial charge in [-0.1, -0.05) is 36.0 Å². The Bertz CT molecular complexity index is 698. The Balaban J connectivity index is 2.20. The number of nitrogens with one attached hydrogen (secondary N) is 1. The van der Waals surface area contributed by atoms with Crippen molar-refractivity contribution in [2.24, 2.45) is 5.73 Å². The number of carbonyl (C=O) groups excluding carboxylic acids is 2. The Hall–Kier alpha value is -2.35. The molecule has 2 aromatic rings. The number of amides is 3. The highest BCUT2D eigenvalue weighted by atomic mass is 32.2. The van der Waals surface area contributed by atoms with Crippen LogP contribution in [-0.4, -0.2) is 32.5 Å². The van der Waals surface area contributed by atoms with E-state index in [1.807, 2.05) is 48.0 Å². The van der Waals surface area contributed by atoms with Crippen molar-refractivity contribution >= 4 is 23.7 Å². The molecule has 1 aromatic carbocycles. The van der Waals surface area contributed by atoms with Gasteiger partial charge >= 0.3 is 6.03 Å². The zero-order valence-electron chi connectivity index (χ0n) is 12.4. The second kappa shape index (κ2) is 7.08. The lowest BCUT2D eigenvalue weighted by Gasteiger charge is -2.08. The zero-order valence-corrected chi connectivity index (χ0v) is 13.2. The predicted octanol–water partition coefficient (Wildman–Crippen LogP) is 1.56. The molecule has 0 saturated carbocycles. The van der Waals surface area contributed by atoms with Gasteiger partial charge in [-0.05, 0) is 19.4 Å². The molecule has 116 valence electrons. The van der Waals surface area contributed by atoms with E-state index in [9.17, 15) is 9.59 Å². The average Bonchev–Trinajstić information content (AvgIpc) is 2.87. The molecule has 2 rings (SSSR count). The van der Waals surface area contributed by atoms with Crippen molar-refractivity contribution in [2.75, 3.05) is 5.75 Å². The molecule has 0 aliphatic rings. The summed E-state index contributed by atoms with van der Waals surface area (Å²) in [4.78, 5) is 22.1. The van der Waals surface area contributed by atoms with Crippen LogP contribution in [0.3, 0.4) is 0 Å². The number of hydrogen-bond donors (Lipinski definition) is 2. The highest BCUT2D eigenvalue weighted by molar-refractivity contribution is 7.99. The molecule has 0 spiro atoms. The first-order chi connectivity index (χ1) is 10.5. The number of imide groups is 1. The minimum atomic E-state index is -0.858. The number of carbonyl (C=O) groups is 2. The second-order valence-electron chi connectivity index (χ2n) is 4.57. The Morgan fingerprint density at radius 3 is 2.68 bits per heavy atom. The third-order valence-electron chi connectivity index (χ3n) is 3.01. The first-order valence-corrected chi connectivity index (χ1v) is 7.72. The minimum Gasteiger partial charge on any atom is -0.351 e. The molecule has 3 amide bonds. The molecule has 0 saturated heterocycles. The summed E-state index contributed by atoms with van der Waals surface area (Å²) in [5, 5.41) is 11.0. The SMILES string of the molecule is CCn1c(SCC(=O)NC(N)=O)nnc1-c1ccccc1C. The van der Waals surface area contributed by atoms with Gasteiger partial charge in [-0.2, -0.15) is 0 Å². The first kappa shape index (κ1) is 16.0. The molecule has 0 unspecified atom stereocenters. The molecular formula is C14H17N5O2S. The largest absolute Gasteiger partial charge is 0.351 e. The van der Waals surface area contributed by atoms with Gasteiger partial charge in [-0.15, -0.1) is 10.2 Å². The van der Waals surface area contributed by atoms with Crippen LogP contribution < -0.4 is 11.1 Å². The summed E-state index contributed by atoms with van der Waals surface area (Å²) in [7, 11) is 0. The van der Waals surface area contributed by atoms with Crippen molar-refractivity contribution in [3.05, 3.63) is 29.8 Å². The number of rotatable bonds is 5. The number of benzene rings is 1. The number of thioether (sulfide) groups is 1. The standard InChI is InChI=1S/C14H17N5O2S/c1-3-19-12(10-7-5-4-6-9(10)2)17-18-14(19)22-8-11(20)16-13(15)21/h4-7H,3,8H2,1-2H3,(H3,15,16,20,21). The van der Waals surface area contributed by atoms with Gasteiger partial charge in [0.05, 0.1) is 5.75 Å². The van der Waals surface area contributed by atoms with Crippen LogP contribution in [0.5, 0.6) is 0 Å². The second-order valence-corrected chi connectivity index (χ2v) is 5.51. The minimum absolute atomic E-state index is 0.0504. The fraction of sp³-hybridized carbons (Fsp3) is 0.286. The first-order valence-electron chi connectivity index (χ1n) is 6.74. The molecule has 0 fully saturated rings. The molecule has 0 atom stereocenters. The van der Waals surface area contributed by atoms with E-state index in [4.69, 9.17) is 5.73 Å². The number of primary amides is 1. The Morgan fingerprint density at radius 2 is 2.05 bits per heavy atom. The Morgan fingerprint density at radius 1 is 1.32 bits per heavy atom. The van der Waals surface area contributed by atoms with Gasteiger partial charge in [0, 0.05) is 12.1 Å². The van der Waals surface area contributed by atoms with Crippen molar-refractivity contribution in [3.63, 3.8) is 0 Å². The summed E-state index contributed by atoms with van der Waals surface area (Å²) in [5.74, 6) is 0.355. The number of nitrogens with two attached hydrogens (primary N) is 1.